The number of carbonyl (C=O) groups excluding carboxylic acids is 5. The number of aromatic nitrogens is 1. The van der Waals surface area contributed by atoms with Gasteiger partial charge in [0.25, 0.3) is 5.91 Å². The van der Waals surface area contributed by atoms with E-state index in [1.54, 1.807) is 19.1 Å². The maximum atomic E-state index is 14.7. The second-order valence-corrected chi connectivity index (χ2v) is 16.7. The number of aromatic hydroxyl groups is 1. The first-order valence-electron chi connectivity index (χ1n) is 20.4. The number of phenols is 1. The molecule has 0 radical (unpaired) electrons. The van der Waals surface area contributed by atoms with Crippen LogP contribution in [0.25, 0.3) is 0 Å². The molecule has 1 unspecified atom stereocenters. The van der Waals surface area contributed by atoms with Crippen molar-refractivity contribution < 1.29 is 48.5 Å². The Morgan fingerprint density at radius 3 is 2.29 bits per heavy atom. The number of hydrogen-bond acceptors (Lipinski definition) is 12. The lowest BCUT2D eigenvalue weighted by molar-refractivity contribution is -0.160. The number of thiazole rings is 1. The fourth-order valence-corrected chi connectivity index (χ4v) is 7.91. The van der Waals surface area contributed by atoms with Gasteiger partial charge in [-0.25, -0.2) is 4.98 Å². The van der Waals surface area contributed by atoms with Gasteiger partial charge in [0.05, 0.1) is 12.0 Å². The normalized spacial score (nSPS) is 17.6. The van der Waals surface area contributed by atoms with Gasteiger partial charge in [-0.3, -0.25) is 33.7 Å². The van der Waals surface area contributed by atoms with Crippen LogP contribution in [-0.2, 0) is 39.9 Å². The van der Waals surface area contributed by atoms with E-state index in [1.807, 2.05) is 46.6 Å². The third kappa shape index (κ3) is 14.4. The minimum absolute atomic E-state index is 0.0330. The number of hydrogen-bond donors (Lipinski definition) is 4. The molecule has 0 bridgehead atoms. The number of nitrogens with zero attached hydrogens (tertiary/aromatic N) is 3. The van der Waals surface area contributed by atoms with Crippen LogP contribution in [0.2, 0.25) is 0 Å². The Morgan fingerprint density at radius 1 is 1.02 bits per heavy atom. The number of carboxylic acids is 1. The van der Waals surface area contributed by atoms with E-state index >= 15 is 0 Å². The third-order valence-corrected chi connectivity index (χ3v) is 11.7. The quantitative estimate of drug-likeness (QED) is 0.0863. The first-order valence-corrected chi connectivity index (χ1v) is 21.2. The summed E-state index contributed by atoms with van der Waals surface area (Å²) in [5.41, 5.74) is 0.816. The Morgan fingerprint density at radius 2 is 1.71 bits per heavy atom. The molecule has 2 heterocycles. The van der Waals surface area contributed by atoms with Gasteiger partial charge in [-0.1, -0.05) is 66.5 Å². The maximum absolute atomic E-state index is 14.7. The van der Waals surface area contributed by atoms with Crippen molar-refractivity contribution in [2.75, 3.05) is 20.3 Å². The molecule has 1 saturated heterocycles. The lowest BCUT2D eigenvalue weighted by atomic mass is 9.92. The predicted octanol–water partition coefficient (Wildman–Crippen LogP) is 5.46. The van der Waals surface area contributed by atoms with Crippen LogP contribution in [0.3, 0.4) is 0 Å². The summed E-state index contributed by atoms with van der Waals surface area (Å²) in [6.45, 7) is 12.7. The number of carbonyl (C=O) groups is 6. The van der Waals surface area contributed by atoms with Crippen molar-refractivity contribution >= 4 is 47.0 Å². The summed E-state index contributed by atoms with van der Waals surface area (Å²) in [6.07, 6.45) is 3.31. The molecule has 2 aromatic rings. The van der Waals surface area contributed by atoms with Crippen molar-refractivity contribution in [3.05, 3.63) is 45.9 Å². The molecule has 15 nitrogen and oxygen atoms in total. The third-order valence-electron chi connectivity index (χ3n) is 10.7. The maximum Gasteiger partial charge on any atom is 0.307 e. The summed E-state index contributed by atoms with van der Waals surface area (Å²) in [5.74, 6) is -4.54. The summed E-state index contributed by atoms with van der Waals surface area (Å²) in [5, 5.41) is 27.1. The number of ether oxygens (including phenoxy) is 2. The monoisotopic (exact) mass is 829 g/mol. The Balaban J connectivity index is 1.95. The van der Waals surface area contributed by atoms with Crippen LogP contribution < -0.4 is 10.6 Å². The number of carboxylic acid groups (broad SMARTS) is 1. The second-order valence-electron chi connectivity index (χ2n) is 15.8. The van der Waals surface area contributed by atoms with Crippen LogP contribution in [0.4, 0.5) is 0 Å². The molecule has 16 heteroatoms. The molecular formula is C42H63N5O10S. The molecule has 0 spiro atoms. The minimum Gasteiger partial charge on any atom is -0.508 e. The van der Waals surface area contributed by atoms with Gasteiger partial charge in [-0.05, 0) is 75.2 Å². The zero-order chi connectivity index (χ0) is 43.1. The van der Waals surface area contributed by atoms with E-state index in [2.05, 4.69) is 15.6 Å². The first-order chi connectivity index (χ1) is 27.4. The number of amides is 3. The van der Waals surface area contributed by atoms with Gasteiger partial charge in [0.1, 0.15) is 22.5 Å². The molecule has 1 fully saturated rings. The lowest BCUT2D eigenvalue weighted by Gasteiger charge is -2.39. The first kappa shape index (κ1) is 47.8. The Hall–Kier alpha value is -4.57. The van der Waals surface area contributed by atoms with Gasteiger partial charge in [0, 0.05) is 37.2 Å². The number of likely N-dealkylation sites (tertiary alicyclic amines) is 1. The molecule has 0 saturated carbocycles. The average Bonchev–Trinajstić information content (AvgIpc) is 3.67. The standard InChI is InChI=1S/C42H63N5O10S/c1-9-13-36(50)56-24-47(41(53)37(26(5)10-2)45-39(52)33-14-11-12-19-46(33)8)34(25(3)4)22-35(57-28(7)48)40-44-32(23-58-40)38(51)43-30(20-27(6)42(54)55)21-29-15-17-31(49)18-16-29/h15-18,23,25-27,30,33-35,37,49H,9-14,19-22,24H2,1-8H3,(H,43,51)(H,45,52)(H,54,55)/t26-,27-,30+,33?,34+,35+,37-/m0/s1. The van der Waals surface area contributed by atoms with Crippen molar-refractivity contribution in [2.24, 2.45) is 17.8 Å². The van der Waals surface area contributed by atoms with E-state index in [4.69, 9.17) is 9.47 Å². The molecule has 4 N–H and O–H groups in total. The summed E-state index contributed by atoms with van der Waals surface area (Å²) in [4.78, 5) is 87.0. The number of likely N-dealkylation sites (N-methyl/N-ethyl adjacent to an activating group) is 1. The Bertz CT molecular complexity index is 1680. The van der Waals surface area contributed by atoms with E-state index in [9.17, 15) is 39.0 Å². The molecule has 3 amide bonds. The zero-order valence-corrected chi connectivity index (χ0v) is 36.0. The molecule has 322 valence electrons. The van der Waals surface area contributed by atoms with E-state index in [0.717, 1.165) is 36.3 Å². The second kappa shape index (κ2) is 23.1. The van der Waals surface area contributed by atoms with Crippen molar-refractivity contribution in [1.29, 1.82) is 0 Å². The molecule has 1 aromatic heterocycles. The minimum atomic E-state index is -1.01. The van der Waals surface area contributed by atoms with Gasteiger partial charge in [-0.2, -0.15) is 0 Å². The van der Waals surface area contributed by atoms with E-state index < -0.39 is 59.9 Å². The summed E-state index contributed by atoms with van der Waals surface area (Å²) in [7, 11) is 1.90. The van der Waals surface area contributed by atoms with Crippen molar-refractivity contribution in [3.63, 3.8) is 0 Å². The Labute approximate surface area is 346 Å². The fraction of sp³-hybridized carbons (Fsp3) is 0.643. The number of esters is 2. The number of phenolic OH excluding ortho intramolecular Hbond substituents is 1. The number of rotatable bonds is 22. The topological polar surface area (TPSA) is 205 Å². The molecule has 58 heavy (non-hydrogen) atoms. The SMILES string of the molecule is CCCC(=O)OCN(C(=O)[C@@H](NC(=O)C1CCCCN1C)[C@@H](C)CC)[C@H](C[C@@H](OC(C)=O)c1nc(C(=O)N[C@@H](Cc2ccc(O)cc2)C[C@H](C)C(=O)O)cs1)C(C)C. The zero-order valence-electron chi connectivity index (χ0n) is 35.2. The molecule has 3 rings (SSSR count). The molecule has 0 aliphatic carbocycles. The Kier molecular flexibility index (Phi) is 19.1. The van der Waals surface area contributed by atoms with E-state index in [0.29, 0.717) is 30.7 Å². The van der Waals surface area contributed by atoms with Crippen LogP contribution in [0.5, 0.6) is 5.75 Å². The average molecular weight is 830 g/mol. The highest BCUT2D eigenvalue weighted by Gasteiger charge is 2.39. The molecule has 1 aliphatic rings. The van der Waals surface area contributed by atoms with Crippen molar-refractivity contribution in [1.82, 2.24) is 25.4 Å². The number of piperidine rings is 1. The van der Waals surface area contributed by atoms with Gasteiger partial charge in [-0.15, -0.1) is 11.3 Å². The highest BCUT2D eigenvalue weighted by Crippen LogP contribution is 2.32. The van der Waals surface area contributed by atoms with Crippen molar-refractivity contribution in [2.45, 2.75) is 137 Å². The summed E-state index contributed by atoms with van der Waals surface area (Å²) >= 11 is 1.10. The van der Waals surface area contributed by atoms with Crippen LogP contribution in [0.15, 0.2) is 29.6 Å². The molecule has 7 atom stereocenters. The molecule has 1 aromatic carbocycles. The summed E-state index contributed by atoms with van der Waals surface area (Å²) in [6, 6.07) is 3.85. The van der Waals surface area contributed by atoms with Gasteiger partial charge in [0.2, 0.25) is 11.8 Å². The van der Waals surface area contributed by atoms with E-state index in [1.165, 1.54) is 29.3 Å². The predicted molar refractivity (Wildman–Crippen MR) is 219 cm³/mol. The van der Waals surface area contributed by atoms with Crippen LogP contribution >= 0.6 is 11.3 Å². The van der Waals surface area contributed by atoms with Gasteiger partial charge < -0.3 is 35.2 Å². The van der Waals surface area contributed by atoms with Gasteiger partial charge in [0.15, 0.2) is 12.8 Å². The summed E-state index contributed by atoms with van der Waals surface area (Å²) < 4.78 is 11.5. The van der Waals surface area contributed by atoms with Crippen molar-refractivity contribution in [3.8, 4) is 5.75 Å². The number of aliphatic carboxylic acids is 1. The highest BCUT2D eigenvalue weighted by atomic mass is 32.1. The van der Waals surface area contributed by atoms with Crippen LogP contribution in [0.1, 0.15) is 127 Å². The van der Waals surface area contributed by atoms with E-state index in [-0.39, 0.29) is 61.2 Å². The van der Waals surface area contributed by atoms with Gasteiger partial charge >= 0.3 is 17.9 Å². The largest absolute Gasteiger partial charge is 0.508 e. The highest BCUT2D eigenvalue weighted by molar-refractivity contribution is 7.09. The van der Waals surface area contributed by atoms with Crippen LogP contribution in [0, 0.1) is 17.8 Å². The smallest absolute Gasteiger partial charge is 0.307 e. The molecular weight excluding hydrogens is 767 g/mol. The number of nitrogens with one attached hydrogen (secondary N) is 2. The number of benzene rings is 1. The fourth-order valence-electron chi connectivity index (χ4n) is 7.07. The lowest BCUT2D eigenvalue weighted by Crippen LogP contribution is -2.59. The molecule has 1 aliphatic heterocycles. The van der Waals surface area contributed by atoms with Crippen LogP contribution in [-0.4, -0.2) is 105 Å².